The second-order valence-electron chi connectivity index (χ2n) is 13.4. The van der Waals surface area contributed by atoms with E-state index in [2.05, 4.69) is 150 Å². The van der Waals surface area contributed by atoms with Crippen molar-refractivity contribution in [2.45, 2.75) is 0 Å². The van der Waals surface area contributed by atoms with Crippen LogP contribution in [0.15, 0.2) is 176 Å². The van der Waals surface area contributed by atoms with Crippen LogP contribution in [0, 0.1) is 0 Å². The third-order valence-corrected chi connectivity index (χ3v) is 10.3. The van der Waals surface area contributed by atoms with Crippen LogP contribution in [0.25, 0.3) is 77.5 Å². The minimum Gasteiger partial charge on any atom is -0.452 e. The Bertz CT molecular complexity index is 3010. The van der Waals surface area contributed by atoms with Gasteiger partial charge in [0.2, 0.25) is 0 Å². The molecule has 2 aromatic heterocycles. The van der Waals surface area contributed by atoms with Crippen molar-refractivity contribution in [3.63, 3.8) is 0 Å². The van der Waals surface area contributed by atoms with Crippen LogP contribution in [0.5, 0.6) is 11.5 Å². The molecular weight excluding hydrogens is 663 g/mol. The van der Waals surface area contributed by atoms with Crippen LogP contribution >= 0.6 is 0 Å². The first-order valence-electron chi connectivity index (χ1n) is 18.0. The number of aromatic nitrogens is 4. The highest BCUT2D eigenvalue weighted by atomic mass is 16.5. The third-order valence-electron chi connectivity index (χ3n) is 10.3. The Morgan fingerprint density at radius 1 is 0.352 bits per heavy atom. The smallest absolute Gasteiger partial charge is 0.167 e. The number of pyridine rings is 1. The normalized spacial score (nSPS) is 12.2. The zero-order valence-corrected chi connectivity index (χ0v) is 28.9. The molecule has 252 valence electrons. The lowest BCUT2D eigenvalue weighted by Crippen LogP contribution is -2.17. The number of hydrogen-bond donors (Lipinski definition) is 0. The van der Waals surface area contributed by atoms with E-state index in [1.807, 2.05) is 30.3 Å². The van der Waals surface area contributed by atoms with Gasteiger partial charge >= 0.3 is 0 Å². The number of anilines is 3. The highest BCUT2D eigenvalue weighted by molar-refractivity contribution is 6.05. The maximum absolute atomic E-state index is 6.87. The van der Waals surface area contributed by atoms with Gasteiger partial charge in [0.1, 0.15) is 0 Å². The predicted molar refractivity (Wildman–Crippen MR) is 219 cm³/mol. The van der Waals surface area contributed by atoms with E-state index in [1.54, 1.807) is 0 Å². The van der Waals surface area contributed by atoms with Crippen molar-refractivity contribution in [1.82, 2.24) is 19.9 Å². The van der Waals surface area contributed by atoms with Crippen molar-refractivity contribution in [2.75, 3.05) is 4.90 Å². The minimum absolute atomic E-state index is 0.526. The van der Waals surface area contributed by atoms with Crippen molar-refractivity contribution in [3.8, 4) is 45.7 Å². The van der Waals surface area contributed by atoms with Gasteiger partial charge in [-0.2, -0.15) is 0 Å². The average Bonchev–Trinajstić information content (AvgIpc) is 3.24. The van der Waals surface area contributed by atoms with Gasteiger partial charge in [0.25, 0.3) is 0 Å². The highest BCUT2D eigenvalue weighted by Gasteiger charge is 2.30. The van der Waals surface area contributed by atoms with E-state index in [-0.39, 0.29) is 0 Å². The lowest BCUT2D eigenvalue weighted by molar-refractivity contribution is 0.478. The summed E-state index contributed by atoms with van der Waals surface area (Å²) in [5.74, 6) is 3.12. The molecule has 0 saturated heterocycles. The molecule has 0 unspecified atom stereocenters. The zero-order valence-electron chi connectivity index (χ0n) is 28.9. The fourth-order valence-electron chi connectivity index (χ4n) is 7.77. The quantitative estimate of drug-likeness (QED) is 0.171. The number of fused-ring (bicyclic) bond motifs is 6. The van der Waals surface area contributed by atoms with E-state index in [4.69, 9.17) is 24.7 Å². The summed E-state index contributed by atoms with van der Waals surface area (Å²) in [5.41, 5.74) is 7.34. The molecule has 0 spiro atoms. The molecule has 1 aliphatic heterocycles. The first kappa shape index (κ1) is 30.2. The number of nitrogens with zero attached hydrogens (tertiary/aromatic N) is 5. The molecule has 0 saturated carbocycles. The largest absolute Gasteiger partial charge is 0.452 e. The van der Waals surface area contributed by atoms with Crippen LogP contribution in [0.4, 0.5) is 17.1 Å². The Kier molecular flexibility index (Phi) is 6.75. The average molecular weight is 692 g/mol. The molecule has 0 N–H and O–H groups in total. The summed E-state index contributed by atoms with van der Waals surface area (Å²) in [6.07, 6.45) is 0. The number of rotatable bonds is 4. The fourth-order valence-corrected chi connectivity index (χ4v) is 7.77. The SMILES string of the molecule is c1ccc2c(c1)Oc1c(-c3nc(-c4cccc5ccccc45)nc(-c4cccc5ccccc45)n3)cccc1N2c1cccc2nc3ccccc3cc12. The summed E-state index contributed by atoms with van der Waals surface area (Å²) in [7, 11) is 0. The molecule has 0 bridgehead atoms. The van der Waals surface area contributed by atoms with E-state index in [1.165, 1.54) is 0 Å². The molecule has 11 rings (SSSR count). The van der Waals surface area contributed by atoms with E-state index in [9.17, 15) is 0 Å². The summed E-state index contributed by atoms with van der Waals surface area (Å²) >= 11 is 0. The van der Waals surface area contributed by atoms with Gasteiger partial charge in [-0.05, 0) is 70.1 Å². The van der Waals surface area contributed by atoms with Crippen LogP contribution in [0.3, 0.4) is 0 Å². The van der Waals surface area contributed by atoms with Crippen molar-refractivity contribution >= 4 is 60.4 Å². The van der Waals surface area contributed by atoms with Gasteiger partial charge in [-0.3, -0.25) is 0 Å². The molecule has 54 heavy (non-hydrogen) atoms. The highest BCUT2D eigenvalue weighted by Crippen LogP contribution is 2.54. The van der Waals surface area contributed by atoms with Crippen LogP contribution in [-0.4, -0.2) is 19.9 Å². The molecule has 0 radical (unpaired) electrons. The summed E-state index contributed by atoms with van der Waals surface area (Å²) in [6, 6.07) is 60.3. The van der Waals surface area contributed by atoms with Gasteiger partial charge in [-0.1, -0.05) is 127 Å². The van der Waals surface area contributed by atoms with E-state index >= 15 is 0 Å². The molecule has 0 amide bonds. The van der Waals surface area contributed by atoms with E-state index < -0.39 is 0 Å². The standard InChI is InChI=1S/C48H29N5O/c1-4-18-33-30(13-1)16-9-20-35(33)46-50-47(36-21-10-17-31-14-2-5-19-34(31)36)52-48(51-46)37-22-11-27-43-45(37)54-44-28-8-7-25-42(44)53(43)41-26-12-24-40-38(41)29-32-15-3-6-23-39(32)49-40/h1-29H. The molecule has 0 fully saturated rings. The van der Waals surface area contributed by atoms with Gasteiger partial charge in [0, 0.05) is 21.9 Å². The Labute approximate surface area is 310 Å². The van der Waals surface area contributed by atoms with Crippen LogP contribution < -0.4 is 9.64 Å². The molecule has 0 atom stereocenters. The van der Waals surface area contributed by atoms with Gasteiger partial charge in [0.15, 0.2) is 29.0 Å². The molecule has 6 heteroatoms. The van der Waals surface area contributed by atoms with Crippen molar-refractivity contribution in [2.24, 2.45) is 0 Å². The molecular formula is C48H29N5O. The van der Waals surface area contributed by atoms with Gasteiger partial charge in [0.05, 0.1) is 33.7 Å². The molecule has 0 aliphatic carbocycles. The van der Waals surface area contributed by atoms with E-state index in [0.717, 1.165) is 82.9 Å². The number of benzene rings is 8. The molecule has 3 heterocycles. The maximum Gasteiger partial charge on any atom is 0.167 e. The Hall–Kier alpha value is -7.44. The third kappa shape index (κ3) is 4.81. The number of hydrogen-bond acceptors (Lipinski definition) is 6. The summed E-state index contributed by atoms with van der Waals surface area (Å²) in [4.78, 5) is 23.0. The lowest BCUT2D eigenvalue weighted by atomic mass is 10.0. The van der Waals surface area contributed by atoms with Gasteiger partial charge in [-0.25, -0.2) is 19.9 Å². The zero-order chi connectivity index (χ0) is 35.6. The number of para-hydroxylation sites is 4. The predicted octanol–water partition coefficient (Wildman–Crippen LogP) is 12.5. The Morgan fingerprint density at radius 3 is 1.59 bits per heavy atom. The molecule has 10 aromatic rings. The van der Waals surface area contributed by atoms with Gasteiger partial charge in [-0.15, -0.1) is 0 Å². The topological polar surface area (TPSA) is 64.0 Å². The lowest BCUT2D eigenvalue weighted by Gasteiger charge is -2.34. The van der Waals surface area contributed by atoms with Crippen LogP contribution in [0.2, 0.25) is 0 Å². The summed E-state index contributed by atoms with van der Waals surface area (Å²) < 4.78 is 6.87. The minimum atomic E-state index is 0.526. The summed E-state index contributed by atoms with van der Waals surface area (Å²) in [5, 5.41) is 6.51. The Balaban J connectivity index is 1.17. The molecule has 8 aromatic carbocycles. The van der Waals surface area contributed by atoms with Gasteiger partial charge < -0.3 is 9.64 Å². The monoisotopic (exact) mass is 691 g/mol. The maximum atomic E-state index is 6.87. The van der Waals surface area contributed by atoms with Crippen LogP contribution in [-0.2, 0) is 0 Å². The number of ether oxygens (including phenoxy) is 1. The second kappa shape index (κ2) is 12.1. The Morgan fingerprint density at radius 2 is 0.852 bits per heavy atom. The first-order valence-corrected chi connectivity index (χ1v) is 18.0. The fraction of sp³-hybridized carbons (Fsp3) is 0. The first-order chi connectivity index (χ1) is 26.8. The molecule has 1 aliphatic rings. The van der Waals surface area contributed by atoms with Crippen molar-refractivity contribution < 1.29 is 4.74 Å². The molecule has 6 nitrogen and oxygen atoms in total. The van der Waals surface area contributed by atoms with Crippen LogP contribution in [0.1, 0.15) is 0 Å². The van der Waals surface area contributed by atoms with Crippen molar-refractivity contribution in [3.05, 3.63) is 176 Å². The van der Waals surface area contributed by atoms with E-state index in [0.29, 0.717) is 23.2 Å². The van der Waals surface area contributed by atoms with Crippen molar-refractivity contribution in [1.29, 1.82) is 0 Å². The summed E-state index contributed by atoms with van der Waals surface area (Å²) in [6.45, 7) is 0. The second-order valence-corrected chi connectivity index (χ2v) is 13.4.